The number of aromatic nitrogens is 1. The number of rotatable bonds is 4. The van der Waals surface area contributed by atoms with Gasteiger partial charge in [-0.2, -0.15) is 0 Å². The summed E-state index contributed by atoms with van der Waals surface area (Å²) in [6, 6.07) is 0. The van der Waals surface area contributed by atoms with Gasteiger partial charge in [0.15, 0.2) is 0 Å². The third-order valence-corrected chi connectivity index (χ3v) is 2.43. The number of halogens is 1. The molecule has 0 saturated carbocycles. The van der Waals surface area contributed by atoms with Gasteiger partial charge in [0.1, 0.15) is 5.69 Å². The monoisotopic (exact) mass is 218 g/mol. The summed E-state index contributed by atoms with van der Waals surface area (Å²) in [5.74, 6) is 0.424. The second-order valence-corrected chi connectivity index (χ2v) is 3.54. The van der Waals surface area contributed by atoms with Gasteiger partial charge < -0.3 is 4.90 Å². The van der Waals surface area contributed by atoms with Crippen LogP contribution < -0.4 is 0 Å². The summed E-state index contributed by atoms with van der Waals surface area (Å²) in [5, 5.41) is 1.75. The molecule has 0 unspecified atom stereocenters. The molecule has 1 aromatic rings. The van der Waals surface area contributed by atoms with Crippen molar-refractivity contribution >= 4 is 28.8 Å². The Morgan fingerprint density at radius 2 is 2.54 bits per heavy atom. The topological polar surface area (TPSA) is 33.2 Å². The number of hydrogen-bond donors (Lipinski definition) is 0. The standard InChI is InChI=1S/C8H11ClN2OS/c1-2-11(4-3-9)8(12)7-5-13-6-10-7/h5-6H,2-4H2,1H3. The Morgan fingerprint density at radius 3 is 3.00 bits per heavy atom. The first-order chi connectivity index (χ1) is 6.29. The predicted molar refractivity (Wildman–Crippen MR) is 54.4 cm³/mol. The molecule has 5 heteroatoms. The Hall–Kier alpha value is -0.610. The van der Waals surface area contributed by atoms with E-state index in [0.717, 1.165) is 0 Å². The highest BCUT2D eigenvalue weighted by atomic mass is 35.5. The zero-order chi connectivity index (χ0) is 9.68. The van der Waals surface area contributed by atoms with Crippen LogP contribution in [0.15, 0.2) is 10.9 Å². The van der Waals surface area contributed by atoms with E-state index in [0.29, 0.717) is 24.7 Å². The summed E-state index contributed by atoms with van der Waals surface area (Å²) in [6.07, 6.45) is 0. The second kappa shape index (κ2) is 5.19. The quantitative estimate of drug-likeness (QED) is 0.723. The van der Waals surface area contributed by atoms with Gasteiger partial charge in [-0.05, 0) is 6.92 Å². The fourth-order valence-electron chi connectivity index (χ4n) is 0.985. The van der Waals surface area contributed by atoms with Crippen LogP contribution in [0, 0.1) is 0 Å². The average Bonchev–Trinajstić information content (AvgIpc) is 2.65. The molecule has 1 amide bonds. The van der Waals surface area contributed by atoms with Crippen molar-refractivity contribution < 1.29 is 4.79 Å². The molecule has 0 fully saturated rings. The smallest absolute Gasteiger partial charge is 0.273 e. The van der Waals surface area contributed by atoms with Gasteiger partial charge in [0.05, 0.1) is 5.51 Å². The summed E-state index contributed by atoms with van der Waals surface area (Å²) in [5.41, 5.74) is 2.17. The molecule has 0 aromatic carbocycles. The van der Waals surface area contributed by atoms with Crippen LogP contribution in [0.25, 0.3) is 0 Å². The lowest BCUT2D eigenvalue weighted by atomic mass is 10.4. The molecule has 0 aliphatic carbocycles. The zero-order valence-electron chi connectivity index (χ0n) is 7.36. The zero-order valence-corrected chi connectivity index (χ0v) is 8.94. The molecule has 1 heterocycles. The van der Waals surface area contributed by atoms with Gasteiger partial charge in [-0.3, -0.25) is 4.79 Å². The third-order valence-electron chi connectivity index (χ3n) is 1.67. The number of thiazole rings is 1. The highest BCUT2D eigenvalue weighted by Crippen LogP contribution is 2.05. The van der Waals surface area contributed by atoms with Crippen LogP contribution in [0.2, 0.25) is 0 Å². The highest BCUT2D eigenvalue weighted by molar-refractivity contribution is 7.07. The van der Waals surface area contributed by atoms with E-state index in [-0.39, 0.29) is 5.91 Å². The van der Waals surface area contributed by atoms with Crippen molar-refractivity contribution in [3.8, 4) is 0 Å². The normalized spacial score (nSPS) is 10.0. The summed E-state index contributed by atoms with van der Waals surface area (Å²) < 4.78 is 0. The first kappa shape index (κ1) is 10.5. The van der Waals surface area contributed by atoms with Crippen molar-refractivity contribution in [3.05, 3.63) is 16.6 Å². The Labute approximate surface area is 86.3 Å². The summed E-state index contributed by atoms with van der Waals surface area (Å²) in [4.78, 5) is 17.3. The van der Waals surface area contributed by atoms with Crippen LogP contribution >= 0.6 is 22.9 Å². The molecular formula is C8H11ClN2OS. The maximum Gasteiger partial charge on any atom is 0.273 e. The molecule has 0 aliphatic rings. The Bertz CT molecular complexity index is 263. The van der Waals surface area contributed by atoms with E-state index in [1.54, 1.807) is 15.8 Å². The molecule has 3 nitrogen and oxygen atoms in total. The van der Waals surface area contributed by atoms with E-state index in [1.165, 1.54) is 11.3 Å². The molecule has 1 aromatic heterocycles. The molecule has 0 bridgehead atoms. The Morgan fingerprint density at radius 1 is 1.77 bits per heavy atom. The number of carbonyl (C=O) groups excluding carboxylic acids is 1. The lowest BCUT2D eigenvalue weighted by molar-refractivity contribution is 0.0769. The van der Waals surface area contributed by atoms with Gasteiger partial charge in [-0.25, -0.2) is 4.98 Å². The minimum atomic E-state index is -0.0376. The van der Waals surface area contributed by atoms with Gasteiger partial charge in [0.25, 0.3) is 5.91 Å². The second-order valence-electron chi connectivity index (χ2n) is 2.45. The van der Waals surface area contributed by atoms with Crippen molar-refractivity contribution in [2.45, 2.75) is 6.92 Å². The van der Waals surface area contributed by atoms with E-state index in [2.05, 4.69) is 4.98 Å². The maximum atomic E-state index is 11.6. The average molecular weight is 219 g/mol. The molecule has 0 atom stereocenters. The number of nitrogens with zero attached hydrogens (tertiary/aromatic N) is 2. The van der Waals surface area contributed by atoms with Gasteiger partial charge in [-0.1, -0.05) is 0 Å². The number of alkyl halides is 1. The Kier molecular flexibility index (Phi) is 4.18. The first-order valence-corrected chi connectivity index (χ1v) is 5.50. The molecule has 0 aliphatic heterocycles. The minimum absolute atomic E-state index is 0.0376. The van der Waals surface area contributed by atoms with Crippen molar-refractivity contribution in [2.75, 3.05) is 19.0 Å². The largest absolute Gasteiger partial charge is 0.336 e. The molecule has 1 rings (SSSR count). The van der Waals surface area contributed by atoms with E-state index in [1.807, 2.05) is 6.92 Å². The maximum absolute atomic E-state index is 11.6. The van der Waals surface area contributed by atoms with Crippen LogP contribution in [0.4, 0.5) is 0 Å². The first-order valence-electron chi connectivity index (χ1n) is 4.03. The van der Waals surface area contributed by atoms with E-state index >= 15 is 0 Å². The van der Waals surface area contributed by atoms with E-state index in [9.17, 15) is 4.79 Å². The molecule has 0 spiro atoms. The lowest BCUT2D eigenvalue weighted by Crippen LogP contribution is -2.32. The van der Waals surface area contributed by atoms with Crippen molar-refractivity contribution in [3.63, 3.8) is 0 Å². The number of amides is 1. The van der Waals surface area contributed by atoms with Crippen molar-refractivity contribution in [2.24, 2.45) is 0 Å². The van der Waals surface area contributed by atoms with Gasteiger partial charge >= 0.3 is 0 Å². The molecular weight excluding hydrogens is 208 g/mol. The van der Waals surface area contributed by atoms with Crippen molar-refractivity contribution in [1.82, 2.24) is 9.88 Å². The SMILES string of the molecule is CCN(CCCl)C(=O)c1cscn1. The highest BCUT2D eigenvalue weighted by Gasteiger charge is 2.14. The minimum Gasteiger partial charge on any atom is -0.336 e. The van der Waals surface area contributed by atoms with Crippen molar-refractivity contribution in [1.29, 1.82) is 0 Å². The summed E-state index contributed by atoms with van der Waals surface area (Å²) in [6.45, 7) is 3.17. The van der Waals surface area contributed by atoms with Gasteiger partial charge in [-0.15, -0.1) is 22.9 Å². The molecule has 13 heavy (non-hydrogen) atoms. The van der Waals surface area contributed by atoms with Crippen LogP contribution in [0.1, 0.15) is 17.4 Å². The Balaban J connectivity index is 2.65. The van der Waals surface area contributed by atoms with Crippen LogP contribution in [-0.4, -0.2) is 34.8 Å². The molecule has 0 radical (unpaired) electrons. The summed E-state index contributed by atoms with van der Waals surface area (Å²) >= 11 is 6.99. The fraction of sp³-hybridized carbons (Fsp3) is 0.500. The number of carbonyl (C=O) groups is 1. The van der Waals surface area contributed by atoms with Gasteiger partial charge in [0.2, 0.25) is 0 Å². The van der Waals surface area contributed by atoms with Crippen LogP contribution in [-0.2, 0) is 0 Å². The molecule has 0 saturated heterocycles. The summed E-state index contributed by atoms with van der Waals surface area (Å²) in [7, 11) is 0. The van der Waals surface area contributed by atoms with E-state index < -0.39 is 0 Å². The molecule has 0 N–H and O–H groups in total. The number of hydrogen-bond acceptors (Lipinski definition) is 3. The van der Waals surface area contributed by atoms with Crippen LogP contribution in [0.5, 0.6) is 0 Å². The van der Waals surface area contributed by atoms with Crippen LogP contribution in [0.3, 0.4) is 0 Å². The fourth-order valence-corrected chi connectivity index (χ4v) is 1.72. The van der Waals surface area contributed by atoms with E-state index in [4.69, 9.17) is 11.6 Å². The van der Waals surface area contributed by atoms with Gasteiger partial charge in [0, 0.05) is 24.3 Å². The predicted octanol–water partition coefficient (Wildman–Crippen LogP) is 1.84. The third kappa shape index (κ3) is 2.67. The molecule has 72 valence electrons. The lowest BCUT2D eigenvalue weighted by Gasteiger charge is -2.17.